The maximum atomic E-state index is 10.2. The van der Waals surface area contributed by atoms with Gasteiger partial charge in [0.1, 0.15) is 0 Å². The maximum Gasteiger partial charge on any atom is 1.00 e. The maximum absolute atomic E-state index is 10.2. The van der Waals surface area contributed by atoms with Crippen molar-refractivity contribution in [3.05, 3.63) is 12.2 Å². The third-order valence-corrected chi connectivity index (χ3v) is 4.23. The molecule has 0 radical (unpaired) electrons. The van der Waals surface area contributed by atoms with E-state index in [0.717, 1.165) is 18.9 Å². The van der Waals surface area contributed by atoms with Crippen LogP contribution in [0.5, 0.6) is 0 Å². The van der Waals surface area contributed by atoms with Gasteiger partial charge in [0, 0.05) is 0 Å². The number of carboxylic acid groups (broad SMARTS) is 1. The van der Waals surface area contributed by atoms with E-state index in [1.54, 1.807) is 6.08 Å². The van der Waals surface area contributed by atoms with Crippen molar-refractivity contribution >= 4 is 5.97 Å². The van der Waals surface area contributed by atoms with Crippen LogP contribution in [-0.4, -0.2) is 5.97 Å². The molecule has 0 aliphatic rings. The molecule has 0 aliphatic carbocycles. The summed E-state index contributed by atoms with van der Waals surface area (Å²) in [5, 5.41) is 10.2. The van der Waals surface area contributed by atoms with E-state index in [1.165, 1.54) is 89.9 Å². The average Bonchev–Trinajstić information content (AvgIpc) is 2.50. The first-order valence-electron chi connectivity index (χ1n) is 9.65. The van der Waals surface area contributed by atoms with E-state index >= 15 is 0 Å². The van der Waals surface area contributed by atoms with Crippen LogP contribution in [0.15, 0.2) is 12.2 Å². The molecule has 0 aliphatic heterocycles. The third kappa shape index (κ3) is 24.3. The van der Waals surface area contributed by atoms with Crippen molar-refractivity contribution in [2.24, 2.45) is 0 Å². The van der Waals surface area contributed by atoms with Gasteiger partial charge in [0.25, 0.3) is 0 Å². The van der Waals surface area contributed by atoms with Gasteiger partial charge in [-0.25, -0.2) is 0 Å². The number of rotatable bonds is 17. The van der Waals surface area contributed by atoms with Crippen molar-refractivity contribution < 1.29 is 32.3 Å². The zero-order valence-electron chi connectivity index (χ0n) is 15.1. The standard InChI is InChI=1S/C20H38O2.Ag/c1-2-3-4-5-6-7-8-9-10-11-12-13-14-15-16-17-18-19-20(21)22;/h18-19H,2-17H2,1H3,(H,21,22);/q;+1/p-1. The Morgan fingerprint density at radius 3 is 1.39 bits per heavy atom. The first-order valence-corrected chi connectivity index (χ1v) is 9.65. The van der Waals surface area contributed by atoms with Crippen molar-refractivity contribution in [3.8, 4) is 0 Å². The van der Waals surface area contributed by atoms with Gasteiger partial charge in [0.05, 0.1) is 5.97 Å². The Balaban J connectivity index is 0. The first-order chi connectivity index (χ1) is 10.8. The van der Waals surface area contributed by atoms with E-state index < -0.39 is 5.97 Å². The number of carboxylic acids is 1. The molecular formula is C20H37AgO2. The second-order valence-corrected chi connectivity index (χ2v) is 6.46. The fraction of sp³-hybridized carbons (Fsp3) is 0.850. The molecule has 140 valence electrons. The molecule has 0 bridgehead atoms. The Bertz CT molecular complexity index is 264. The minimum absolute atomic E-state index is 0. The molecule has 0 heterocycles. The van der Waals surface area contributed by atoms with E-state index in [2.05, 4.69) is 6.92 Å². The Morgan fingerprint density at radius 2 is 1.04 bits per heavy atom. The van der Waals surface area contributed by atoms with Crippen molar-refractivity contribution in [2.45, 2.75) is 110 Å². The molecule has 0 saturated heterocycles. The molecule has 0 aromatic rings. The van der Waals surface area contributed by atoms with Gasteiger partial charge in [-0.3, -0.25) is 0 Å². The summed E-state index contributed by atoms with van der Waals surface area (Å²) in [4.78, 5) is 10.2. The van der Waals surface area contributed by atoms with Crippen LogP contribution in [0.4, 0.5) is 0 Å². The van der Waals surface area contributed by atoms with Gasteiger partial charge >= 0.3 is 22.4 Å². The molecule has 0 saturated carbocycles. The number of carbonyl (C=O) groups is 1. The number of hydrogen-bond acceptors (Lipinski definition) is 2. The SMILES string of the molecule is CCCCCCCCCCCCCCCCCC=CC(=O)[O-].[Ag+]. The smallest absolute Gasteiger partial charge is 0.545 e. The zero-order valence-corrected chi connectivity index (χ0v) is 16.6. The summed E-state index contributed by atoms with van der Waals surface area (Å²) in [6.07, 6.45) is 24.2. The molecular weight excluding hydrogens is 380 g/mol. The minimum Gasteiger partial charge on any atom is -0.545 e. The van der Waals surface area contributed by atoms with Crippen LogP contribution in [-0.2, 0) is 27.2 Å². The van der Waals surface area contributed by atoms with Crippen LogP contribution >= 0.6 is 0 Å². The largest absolute Gasteiger partial charge is 1.00 e. The Hall–Kier alpha value is -0.0497. The van der Waals surface area contributed by atoms with E-state index in [4.69, 9.17) is 0 Å². The number of allylic oxidation sites excluding steroid dienone is 1. The number of aliphatic carboxylic acids is 1. The second kappa shape index (κ2) is 22.0. The van der Waals surface area contributed by atoms with Gasteiger partial charge in [-0.1, -0.05) is 103 Å². The van der Waals surface area contributed by atoms with Crippen LogP contribution in [0.25, 0.3) is 0 Å². The normalized spacial score (nSPS) is 10.8. The summed E-state index contributed by atoms with van der Waals surface area (Å²) in [6, 6.07) is 0. The Labute approximate surface area is 160 Å². The summed E-state index contributed by atoms with van der Waals surface area (Å²) in [7, 11) is 0. The summed E-state index contributed by atoms with van der Waals surface area (Å²) in [6.45, 7) is 2.27. The van der Waals surface area contributed by atoms with Crippen molar-refractivity contribution in [3.63, 3.8) is 0 Å². The van der Waals surface area contributed by atoms with E-state index in [9.17, 15) is 9.90 Å². The van der Waals surface area contributed by atoms with Gasteiger partial charge in [-0.05, 0) is 18.9 Å². The van der Waals surface area contributed by atoms with Crippen molar-refractivity contribution in [1.29, 1.82) is 0 Å². The molecule has 0 aromatic carbocycles. The molecule has 0 aromatic heterocycles. The van der Waals surface area contributed by atoms with Crippen molar-refractivity contribution in [1.82, 2.24) is 0 Å². The summed E-state index contributed by atoms with van der Waals surface area (Å²) >= 11 is 0. The molecule has 0 fully saturated rings. The minimum atomic E-state index is -1.08. The topological polar surface area (TPSA) is 40.1 Å². The number of carbonyl (C=O) groups excluding carboxylic acids is 1. The third-order valence-electron chi connectivity index (χ3n) is 4.23. The Kier molecular flexibility index (Phi) is 24.0. The average molecular weight is 417 g/mol. The zero-order chi connectivity index (χ0) is 16.3. The fourth-order valence-corrected chi connectivity index (χ4v) is 2.81. The van der Waals surface area contributed by atoms with Gasteiger partial charge in [0.2, 0.25) is 0 Å². The molecule has 0 rings (SSSR count). The van der Waals surface area contributed by atoms with Gasteiger partial charge in [-0.2, -0.15) is 0 Å². The van der Waals surface area contributed by atoms with E-state index in [-0.39, 0.29) is 22.4 Å². The fourth-order valence-electron chi connectivity index (χ4n) is 2.81. The van der Waals surface area contributed by atoms with Crippen LogP contribution < -0.4 is 5.11 Å². The summed E-state index contributed by atoms with van der Waals surface area (Å²) in [5.41, 5.74) is 0. The van der Waals surface area contributed by atoms with Gasteiger partial charge < -0.3 is 9.90 Å². The molecule has 0 spiro atoms. The van der Waals surface area contributed by atoms with E-state index in [0.29, 0.717) is 0 Å². The van der Waals surface area contributed by atoms with Crippen molar-refractivity contribution in [2.75, 3.05) is 0 Å². The van der Waals surface area contributed by atoms with Crippen LogP contribution in [0.1, 0.15) is 110 Å². The van der Waals surface area contributed by atoms with Gasteiger partial charge in [0.15, 0.2) is 0 Å². The quantitative estimate of drug-likeness (QED) is 0.177. The van der Waals surface area contributed by atoms with Crippen LogP contribution in [0, 0.1) is 0 Å². The summed E-state index contributed by atoms with van der Waals surface area (Å²) < 4.78 is 0. The number of hydrogen-bond donors (Lipinski definition) is 0. The Morgan fingerprint density at radius 1 is 0.696 bits per heavy atom. The van der Waals surface area contributed by atoms with Crippen LogP contribution in [0.2, 0.25) is 0 Å². The molecule has 0 N–H and O–H groups in total. The predicted molar refractivity (Wildman–Crippen MR) is 93.7 cm³/mol. The molecule has 0 amide bonds. The molecule has 23 heavy (non-hydrogen) atoms. The molecule has 3 heteroatoms. The molecule has 2 nitrogen and oxygen atoms in total. The van der Waals surface area contributed by atoms with Crippen LogP contribution in [0.3, 0.4) is 0 Å². The summed E-state index contributed by atoms with van der Waals surface area (Å²) in [5.74, 6) is -1.08. The monoisotopic (exact) mass is 416 g/mol. The van der Waals surface area contributed by atoms with Gasteiger partial charge in [-0.15, -0.1) is 0 Å². The first kappa shape index (κ1) is 25.2. The number of unbranched alkanes of at least 4 members (excludes halogenated alkanes) is 15. The van der Waals surface area contributed by atoms with E-state index in [1.807, 2.05) is 0 Å². The second-order valence-electron chi connectivity index (χ2n) is 6.46. The molecule has 0 unspecified atom stereocenters. The molecule has 0 atom stereocenters. The predicted octanol–water partition coefficient (Wildman–Crippen LogP) is 5.55.